The Morgan fingerprint density at radius 2 is 1.95 bits per heavy atom. The highest BCUT2D eigenvalue weighted by Crippen LogP contribution is 2.31. The molecule has 102 valence electrons. The summed E-state index contributed by atoms with van der Waals surface area (Å²) in [5.41, 5.74) is 3.37. The van der Waals surface area contributed by atoms with Gasteiger partial charge in [0.2, 0.25) is 0 Å². The van der Waals surface area contributed by atoms with Crippen LogP contribution in [0.15, 0.2) is 53.3 Å². The largest absolute Gasteiger partial charge is 0.450 e. The lowest BCUT2D eigenvalue weighted by atomic mass is 10.2. The number of fused-ring (bicyclic) bond motifs is 3. The molecule has 0 saturated heterocycles. The SMILES string of the molecule is Cc1ccnc(Nc2ncnc3c2oc2ccccc23)c1. The first-order valence-electron chi connectivity index (χ1n) is 6.63. The van der Waals surface area contributed by atoms with E-state index < -0.39 is 0 Å². The Morgan fingerprint density at radius 3 is 2.86 bits per heavy atom. The maximum Gasteiger partial charge on any atom is 0.196 e. The van der Waals surface area contributed by atoms with Crippen molar-refractivity contribution in [3.05, 3.63) is 54.5 Å². The Hall–Kier alpha value is -2.95. The van der Waals surface area contributed by atoms with Gasteiger partial charge in [-0.05, 0) is 36.8 Å². The van der Waals surface area contributed by atoms with Gasteiger partial charge in [-0.3, -0.25) is 0 Å². The van der Waals surface area contributed by atoms with Crippen LogP contribution < -0.4 is 5.32 Å². The van der Waals surface area contributed by atoms with E-state index in [1.165, 1.54) is 6.33 Å². The Morgan fingerprint density at radius 1 is 1.05 bits per heavy atom. The van der Waals surface area contributed by atoms with Crippen LogP contribution in [0.3, 0.4) is 0 Å². The number of aromatic nitrogens is 3. The Labute approximate surface area is 120 Å². The summed E-state index contributed by atoms with van der Waals surface area (Å²) in [6.07, 6.45) is 3.29. The van der Waals surface area contributed by atoms with Gasteiger partial charge in [-0.1, -0.05) is 12.1 Å². The Balaban J connectivity index is 1.89. The van der Waals surface area contributed by atoms with Gasteiger partial charge in [-0.15, -0.1) is 0 Å². The first-order valence-corrected chi connectivity index (χ1v) is 6.63. The number of hydrogen-bond acceptors (Lipinski definition) is 5. The molecular weight excluding hydrogens is 264 g/mol. The predicted molar refractivity (Wildman–Crippen MR) is 81.6 cm³/mol. The molecule has 0 spiro atoms. The minimum absolute atomic E-state index is 0.620. The minimum atomic E-state index is 0.620. The molecule has 0 aliphatic rings. The molecule has 0 bridgehead atoms. The maximum absolute atomic E-state index is 5.87. The molecule has 5 nitrogen and oxygen atoms in total. The summed E-state index contributed by atoms with van der Waals surface area (Å²) in [6.45, 7) is 2.02. The number of benzene rings is 1. The molecule has 21 heavy (non-hydrogen) atoms. The summed E-state index contributed by atoms with van der Waals surface area (Å²) in [4.78, 5) is 12.9. The molecule has 0 aliphatic carbocycles. The van der Waals surface area contributed by atoms with Gasteiger partial charge in [0.1, 0.15) is 23.2 Å². The summed E-state index contributed by atoms with van der Waals surface area (Å²) < 4.78 is 5.87. The molecule has 5 heteroatoms. The average Bonchev–Trinajstić information content (AvgIpc) is 2.87. The van der Waals surface area contributed by atoms with E-state index in [9.17, 15) is 0 Å². The number of anilines is 2. The van der Waals surface area contributed by atoms with Crippen molar-refractivity contribution in [3.8, 4) is 0 Å². The molecule has 0 atom stereocenters. The number of pyridine rings is 1. The molecule has 1 N–H and O–H groups in total. The van der Waals surface area contributed by atoms with Crippen molar-refractivity contribution in [2.24, 2.45) is 0 Å². The van der Waals surface area contributed by atoms with Gasteiger partial charge in [-0.2, -0.15) is 0 Å². The molecule has 0 unspecified atom stereocenters. The van der Waals surface area contributed by atoms with Gasteiger partial charge in [0.25, 0.3) is 0 Å². The van der Waals surface area contributed by atoms with Crippen molar-refractivity contribution in [1.82, 2.24) is 15.0 Å². The third-order valence-corrected chi connectivity index (χ3v) is 3.32. The van der Waals surface area contributed by atoms with E-state index in [0.29, 0.717) is 11.4 Å². The number of hydrogen-bond donors (Lipinski definition) is 1. The molecule has 3 heterocycles. The van der Waals surface area contributed by atoms with Crippen molar-refractivity contribution in [1.29, 1.82) is 0 Å². The van der Waals surface area contributed by atoms with E-state index in [1.54, 1.807) is 6.20 Å². The molecule has 1 aromatic carbocycles. The van der Waals surface area contributed by atoms with Crippen molar-refractivity contribution in [2.45, 2.75) is 6.92 Å². The van der Waals surface area contributed by atoms with Crippen LogP contribution in [0.2, 0.25) is 0 Å². The first kappa shape index (κ1) is 11.8. The zero-order valence-electron chi connectivity index (χ0n) is 11.4. The third-order valence-electron chi connectivity index (χ3n) is 3.32. The number of furan rings is 1. The fourth-order valence-corrected chi connectivity index (χ4v) is 2.34. The van der Waals surface area contributed by atoms with Crippen LogP contribution in [0, 0.1) is 6.92 Å². The van der Waals surface area contributed by atoms with Gasteiger partial charge in [0.15, 0.2) is 11.4 Å². The van der Waals surface area contributed by atoms with E-state index in [4.69, 9.17) is 4.42 Å². The van der Waals surface area contributed by atoms with Gasteiger partial charge in [-0.25, -0.2) is 15.0 Å². The van der Waals surface area contributed by atoms with Gasteiger partial charge < -0.3 is 9.73 Å². The van der Waals surface area contributed by atoms with E-state index >= 15 is 0 Å². The smallest absolute Gasteiger partial charge is 0.196 e. The fourth-order valence-electron chi connectivity index (χ4n) is 2.34. The second-order valence-corrected chi connectivity index (χ2v) is 4.84. The van der Waals surface area contributed by atoms with E-state index in [2.05, 4.69) is 20.3 Å². The zero-order chi connectivity index (χ0) is 14.2. The highest BCUT2D eigenvalue weighted by atomic mass is 16.3. The van der Waals surface area contributed by atoms with Crippen molar-refractivity contribution in [3.63, 3.8) is 0 Å². The predicted octanol–water partition coefficient (Wildman–Crippen LogP) is 3.82. The monoisotopic (exact) mass is 276 g/mol. The number of aryl methyl sites for hydroxylation is 1. The van der Waals surface area contributed by atoms with Crippen LogP contribution in [-0.2, 0) is 0 Å². The summed E-state index contributed by atoms with van der Waals surface area (Å²) >= 11 is 0. The molecule has 0 radical (unpaired) electrons. The van der Waals surface area contributed by atoms with Crippen LogP contribution >= 0.6 is 0 Å². The molecule has 4 rings (SSSR count). The van der Waals surface area contributed by atoms with Crippen LogP contribution in [-0.4, -0.2) is 15.0 Å². The van der Waals surface area contributed by atoms with Crippen molar-refractivity contribution < 1.29 is 4.42 Å². The van der Waals surface area contributed by atoms with Gasteiger partial charge >= 0.3 is 0 Å². The molecular formula is C16H12N4O. The molecule has 4 aromatic rings. The van der Waals surface area contributed by atoms with Crippen LogP contribution in [0.1, 0.15) is 5.56 Å². The molecule has 0 fully saturated rings. The van der Waals surface area contributed by atoms with Crippen molar-refractivity contribution >= 4 is 33.7 Å². The van der Waals surface area contributed by atoms with Gasteiger partial charge in [0, 0.05) is 11.6 Å². The van der Waals surface area contributed by atoms with Crippen molar-refractivity contribution in [2.75, 3.05) is 5.32 Å². The average molecular weight is 276 g/mol. The Bertz CT molecular complexity index is 945. The quantitative estimate of drug-likeness (QED) is 0.603. The topological polar surface area (TPSA) is 63.8 Å². The molecule has 0 aliphatic heterocycles. The molecule has 0 amide bonds. The fraction of sp³-hybridized carbons (Fsp3) is 0.0625. The van der Waals surface area contributed by atoms with Gasteiger partial charge in [0.05, 0.1) is 0 Å². The second-order valence-electron chi connectivity index (χ2n) is 4.84. The summed E-state index contributed by atoms with van der Waals surface area (Å²) in [7, 11) is 0. The van der Waals surface area contributed by atoms with Crippen LogP contribution in [0.25, 0.3) is 22.1 Å². The number of rotatable bonds is 2. The third kappa shape index (κ3) is 1.99. The first-order chi connectivity index (χ1) is 10.3. The standard InChI is InChI=1S/C16H12N4O/c1-10-6-7-17-13(8-10)20-16-15-14(18-9-19-16)11-4-2-3-5-12(11)21-15/h2-9H,1H3,(H,17,18,19,20). The normalized spacial score (nSPS) is 11.1. The zero-order valence-corrected chi connectivity index (χ0v) is 11.4. The number of para-hydroxylation sites is 1. The van der Waals surface area contributed by atoms with Crippen LogP contribution in [0.5, 0.6) is 0 Å². The minimum Gasteiger partial charge on any atom is -0.450 e. The number of nitrogens with zero attached hydrogens (tertiary/aromatic N) is 3. The van der Waals surface area contributed by atoms with E-state index in [1.807, 2.05) is 43.3 Å². The summed E-state index contributed by atoms with van der Waals surface area (Å²) in [6, 6.07) is 11.7. The lowest BCUT2D eigenvalue weighted by Gasteiger charge is -2.04. The summed E-state index contributed by atoms with van der Waals surface area (Å²) in [5.74, 6) is 1.35. The van der Waals surface area contributed by atoms with Crippen LogP contribution in [0.4, 0.5) is 11.6 Å². The molecule has 0 saturated carbocycles. The lowest BCUT2D eigenvalue weighted by Crippen LogP contribution is -1.97. The second kappa shape index (κ2) is 4.56. The van der Waals surface area contributed by atoms with E-state index in [-0.39, 0.29) is 0 Å². The lowest BCUT2D eigenvalue weighted by molar-refractivity contribution is 0.667. The number of nitrogens with one attached hydrogen (secondary N) is 1. The Kier molecular flexibility index (Phi) is 2.57. The highest BCUT2D eigenvalue weighted by Gasteiger charge is 2.13. The van der Waals surface area contributed by atoms with E-state index in [0.717, 1.165) is 27.9 Å². The highest BCUT2D eigenvalue weighted by molar-refractivity contribution is 6.05. The maximum atomic E-state index is 5.87. The molecule has 3 aromatic heterocycles. The summed E-state index contributed by atoms with van der Waals surface area (Å²) in [5, 5.41) is 4.17.